The van der Waals surface area contributed by atoms with Crippen LogP contribution >= 0.6 is 0 Å². The zero-order valence-electron chi connectivity index (χ0n) is 6.49. The smallest absolute Gasteiger partial charge is 0.139 e. The maximum absolute atomic E-state index is 11.5. The molecule has 0 aromatic rings. The summed E-state index contributed by atoms with van der Waals surface area (Å²) in [7, 11) is 0. The van der Waals surface area contributed by atoms with Crippen LogP contribution in [0.2, 0.25) is 0 Å². The Morgan fingerprint density at radius 3 is 2.91 bits per heavy atom. The Kier molecular flexibility index (Phi) is 0.961. The molecule has 58 valence electrons. The molecule has 0 aromatic heterocycles. The number of Topliss-reactive ketones (excluding diaryl/α,β-unsaturated/α-hetero) is 1. The molecule has 3 rings (SSSR count). The lowest BCUT2D eigenvalue weighted by molar-refractivity contribution is -0.121. The number of hydrogen-bond acceptors (Lipinski definition) is 1. The minimum Gasteiger partial charge on any atom is -0.299 e. The van der Waals surface area contributed by atoms with Crippen LogP contribution in [0.1, 0.15) is 19.3 Å². The van der Waals surface area contributed by atoms with Crippen LogP contribution in [0.4, 0.5) is 0 Å². The molecular weight excluding hydrogens is 136 g/mol. The molecule has 2 bridgehead atoms. The van der Waals surface area contributed by atoms with E-state index >= 15 is 0 Å². The van der Waals surface area contributed by atoms with Crippen molar-refractivity contribution < 1.29 is 4.79 Å². The third-order valence-corrected chi connectivity index (χ3v) is 3.76. The first-order chi connectivity index (χ1) is 5.38. The van der Waals surface area contributed by atoms with Gasteiger partial charge in [0, 0.05) is 11.8 Å². The fraction of sp³-hybridized carbons (Fsp3) is 0.700. The highest BCUT2D eigenvalue weighted by atomic mass is 16.1. The van der Waals surface area contributed by atoms with Crippen LogP contribution in [0, 0.1) is 23.7 Å². The van der Waals surface area contributed by atoms with Crippen molar-refractivity contribution in [3.63, 3.8) is 0 Å². The molecule has 0 unspecified atom stereocenters. The lowest BCUT2D eigenvalue weighted by Crippen LogP contribution is -2.16. The lowest BCUT2D eigenvalue weighted by atomic mass is 9.82. The van der Waals surface area contributed by atoms with Gasteiger partial charge in [-0.1, -0.05) is 12.2 Å². The summed E-state index contributed by atoms with van der Waals surface area (Å²) in [5.74, 6) is 2.86. The van der Waals surface area contributed by atoms with E-state index in [-0.39, 0.29) is 0 Å². The van der Waals surface area contributed by atoms with Crippen molar-refractivity contribution in [1.82, 2.24) is 0 Å². The second-order valence-electron chi connectivity index (χ2n) is 4.10. The van der Waals surface area contributed by atoms with E-state index in [2.05, 4.69) is 12.2 Å². The van der Waals surface area contributed by atoms with Gasteiger partial charge in [-0.05, 0) is 31.1 Å². The average Bonchev–Trinajstić information content (AvgIpc) is 2.61. The Labute approximate surface area is 66.5 Å². The summed E-state index contributed by atoms with van der Waals surface area (Å²) >= 11 is 0. The molecule has 0 heterocycles. The zero-order valence-corrected chi connectivity index (χ0v) is 6.49. The van der Waals surface area contributed by atoms with Gasteiger partial charge < -0.3 is 0 Å². The lowest BCUT2D eigenvalue weighted by Gasteiger charge is -2.21. The number of ketones is 1. The minimum absolute atomic E-state index is 0.434. The molecule has 4 atom stereocenters. The first kappa shape index (κ1) is 5.99. The van der Waals surface area contributed by atoms with Crippen molar-refractivity contribution in [3.05, 3.63) is 12.2 Å². The molecule has 2 fully saturated rings. The summed E-state index contributed by atoms with van der Waals surface area (Å²) in [5.41, 5.74) is 0. The van der Waals surface area contributed by atoms with E-state index < -0.39 is 0 Å². The first-order valence-electron chi connectivity index (χ1n) is 4.58. The van der Waals surface area contributed by atoms with Crippen LogP contribution in [-0.2, 0) is 4.79 Å². The average molecular weight is 148 g/mol. The minimum atomic E-state index is 0.434. The largest absolute Gasteiger partial charge is 0.299 e. The fourth-order valence-electron chi connectivity index (χ4n) is 3.28. The van der Waals surface area contributed by atoms with Gasteiger partial charge in [0.1, 0.15) is 5.78 Å². The SMILES string of the molecule is O=C1[C@H]2CC[C@@H]1[C@@H]1C=CC[C@@H]12. The van der Waals surface area contributed by atoms with Crippen LogP contribution in [0.5, 0.6) is 0 Å². The molecular formula is C10H12O. The second-order valence-corrected chi connectivity index (χ2v) is 4.10. The molecule has 0 radical (unpaired) electrons. The number of carbonyl (C=O) groups is 1. The van der Waals surface area contributed by atoms with Gasteiger partial charge in [-0.3, -0.25) is 4.79 Å². The van der Waals surface area contributed by atoms with Crippen molar-refractivity contribution in [2.45, 2.75) is 19.3 Å². The van der Waals surface area contributed by atoms with E-state index in [0.29, 0.717) is 23.5 Å². The summed E-state index contributed by atoms with van der Waals surface area (Å²) in [6, 6.07) is 0. The van der Waals surface area contributed by atoms with Crippen LogP contribution in [-0.4, -0.2) is 5.78 Å². The van der Waals surface area contributed by atoms with Crippen molar-refractivity contribution >= 4 is 5.78 Å². The maximum Gasteiger partial charge on any atom is 0.139 e. The standard InChI is InChI=1S/C10H12O/c11-10-8-4-5-9(10)7-3-1-2-6(7)8/h1-2,6-9H,3-5H2/t6-,7+,8-,9+/m1/s1. The molecule has 1 heteroatoms. The molecule has 11 heavy (non-hydrogen) atoms. The van der Waals surface area contributed by atoms with Gasteiger partial charge in [0.2, 0.25) is 0 Å². The van der Waals surface area contributed by atoms with Crippen LogP contribution in [0.15, 0.2) is 12.2 Å². The van der Waals surface area contributed by atoms with Gasteiger partial charge in [0.15, 0.2) is 0 Å². The highest BCUT2D eigenvalue weighted by molar-refractivity contribution is 5.89. The number of fused-ring (bicyclic) bond motifs is 5. The number of rotatable bonds is 0. The van der Waals surface area contributed by atoms with E-state index in [1.807, 2.05) is 0 Å². The molecule has 3 aliphatic carbocycles. The summed E-state index contributed by atoms with van der Waals surface area (Å²) in [6.07, 6.45) is 8.10. The fourth-order valence-corrected chi connectivity index (χ4v) is 3.28. The van der Waals surface area contributed by atoms with Crippen molar-refractivity contribution in [3.8, 4) is 0 Å². The number of hydrogen-bond donors (Lipinski definition) is 0. The normalized spacial score (nSPS) is 52.2. The molecule has 0 amide bonds. The predicted octanol–water partition coefficient (Wildman–Crippen LogP) is 1.79. The number of allylic oxidation sites excluding steroid dienone is 2. The second kappa shape index (κ2) is 1.77. The van der Waals surface area contributed by atoms with Crippen LogP contribution in [0.3, 0.4) is 0 Å². The third-order valence-electron chi connectivity index (χ3n) is 3.76. The van der Waals surface area contributed by atoms with Crippen molar-refractivity contribution in [1.29, 1.82) is 0 Å². The van der Waals surface area contributed by atoms with Gasteiger partial charge in [0.05, 0.1) is 0 Å². The van der Waals surface area contributed by atoms with Gasteiger partial charge in [-0.15, -0.1) is 0 Å². The summed E-state index contributed by atoms with van der Waals surface area (Å²) < 4.78 is 0. The molecule has 1 nitrogen and oxygen atoms in total. The molecule has 2 saturated carbocycles. The van der Waals surface area contributed by atoms with Gasteiger partial charge >= 0.3 is 0 Å². The number of carbonyl (C=O) groups excluding carboxylic acids is 1. The van der Waals surface area contributed by atoms with Crippen LogP contribution < -0.4 is 0 Å². The Morgan fingerprint density at radius 2 is 2.09 bits per heavy atom. The van der Waals surface area contributed by atoms with Crippen molar-refractivity contribution in [2.75, 3.05) is 0 Å². The Balaban J connectivity index is 2.04. The molecule has 0 saturated heterocycles. The molecule has 0 spiro atoms. The molecule has 0 aromatic carbocycles. The van der Waals surface area contributed by atoms with E-state index in [9.17, 15) is 4.79 Å². The molecule has 0 N–H and O–H groups in total. The monoisotopic (exact) mass is 148 g/mol. The molecule has 3 aliphatic rings. The Hall–Kier alpha value is -0.590. The van der Waals surface area contributed by atoms with E-state index in [4.69, 9.17) is 0 Å². The summed E-state index contributed by atoms with van der Waals surface area (Å²) in [5, 5.41) is 0. The Morgan fingerprint density at radius 1 is 1.27 bits per heavy atom. The summed E-state index contributed by atoms with van der Waals surface area (Å²) in [4.78, 5) is 11.5. The topological polar surface area (TPSA) is 17.1 Å². The van der Waals surface area contributed by atoms with E-state index in [1.165, 1.54) is 19.3 Å². The predicted molar refractivity (Wildman–Crippen MR) is 42.0 cm³/mol. The van der Waals surface area contributed by atoms with Gasteiger partial charge in [0.25, 0.3) is 0 Å². The van der Waals surface area contributed by atoms with Crippen molar-refractivity contribution in [2.24, 2.45) is 23.7 Å². The highest BCUT2D eigenvalue weighted by Crippen LogP contribution is 2.53. The van der Waals surface area contributed by atoms with E-state index in [0.717, 1.165) is 5.92 Å². The quantitative estimate of drug-likeness (QED) is 0.479. The third kappa shape index (κ3) is 0.559. The molecule has 0 aliphatic heterocycles. The summed E-state index contributed by atoms with van der Waals surface area (Å²) in [6.45, 7) is 0. The Bertz CT molecular complexity index is 241. The van der Waals surface area contributed by atoms with Crippen LogP contribution in [0.25, 0.3) is 0 Å². The van der Waals surface area contributed by atoms with Gasteiger partial charge in [-0.2, -0.15) is 0 Å². The maximum atomic E-state index is 11.5. The zero-order chi connectivity index (χ0) is 7.42. The first-order valence-corrected chi connectivity index (χ1v) is 4.58. The van der Waals surface area contributed by atoms with E-state index in [1.54, 1.807) is 0 Å². The van der Waals surface area contributed by atoms with Gasteiger partial charge in [-0.25, -0.2) is 0 Å². The highest BCUT2D eigenvalue weighted by Gasteiger charge is 2.53.